The number of aryl methyl sites for hydroxylation is 1. The quantitative estimate of drug-likeness (QED) is 0.0182. The maximum absolute atomic E-state index is 16.4. The Balaban J connectivity index is 2.47. The van der Waals surface area contributed by atoms with E-state index in [9.17, 15) is 34.2 Å². The molecule has 1 aliphatic heterocycles. The highest BCUT2D eigenvalue weighted by Gasteiger charge is 2.54. The average Bonchev–Trinajstić information content (AvgIpc) is 3.54. The van der Waals surface area contributed by atoms with Gasteiger partial charge < -0.3 is 50.7 Å². The molecule has 2 aromatic carbocycles. The van der Waals surface area contributed by atoms with Gasteiger partial charge in [0.25, 0.3) is 5.91 Å². The fourth-order valence-corrected chi connectivity index (χ4v) is 8.76. The number of aliphatic carboxylic acids is 2. The zero-order chi connectivity index (χ0) is 60.9. The van der Waals surface area contributed by atoms with Gasteiger partial charge in [0.05, 0.1) is 36.0 Å². The number of aliphatic imine (C=N–C) groups is 1. The highest BCUT2D eigenvalue weighted by Crippen LogP contribution is 2.39. The van der Waals surface area contributed by atoms with Crippen molar-refractivity contribution >= 4 is 60.5 Å². The standard InChI is InChI=1S/C59H89BN6O14/c1-18-23-44(60-79-58(14,15)59(16,17)80-60)64-53(78-57(11,12)13)43(32-35(2)3)66(45(67)29-31-48(72)77-56(8,9)10)54(76)49(38-26-21-22-27-39(38)55(5,6)7)65-52(75)42(33-37-25-20-19-24-36(37)4)63-51(74)41(28-30-46(68)69)62-50(73)40(61)34-47(70)71/h18-22,24-27,35,40-44,49H,1,23,28-34,61H2,2-17H3,(H,62,73)(H,63,74)(H,65,75)(H,68,69)(H,70,71)/t40-,41-,42-,43-,44?,49-/m0/s1. The van der Waals surface area contributed by atoms with Crippen LogP contribution < -0.4 is 21.7 Å². The number of carboxylic acid groups (broad SMARTS) is 2. The van der Waals surface area contributed by atoms with Gasteiger partial charge in [-0.25, -0.2) is 0 Å². The number of hydrogen-bond donors (Lipinski definition) is 6. The number of carbonyl (C=O) groups excluding carboxylic acids is 6. The van der Waals surface area contributed by atoms with Crippen LogP contribution in [0.1, 0.15) is 177 Å². The van der Waals surface area contributed by atoms with E-state index in [-0.39, 0.29) is 36.6 Å². The predicted octanol–water partition coefficient (Wildman–Crippen LogP) is 7.01. The summed E-state index contributed by atoms with van der Waals surface area (Å²) in [6, 6.07) is 6.10. The third kappa shape index (κ3) is 20.6. The van der Waals surface area contributed by atoms with Crippen molar-refractivity contribution in [1.29, 1.82) is 0 Å². The molecular formula is C59H89BN6O14. The minimum absolute atomic E-state index is 0.0388. The lowest BCUT2D eigenvalue weighted by Crippen LogP contribution is -2.58. The van der Waals surface area contributed by atoms with Crippen molar-refractivity contribution < 1.29 is 67.4 Å². The summed E-state index contributed by atoms with van der Waals surface area (Å²) < 4.78 is 25.4. The molecule has 0 radical (unpaired) electrons. The Morgan fingerprint density at radius 3 is 1.84 bits per heavy atom. The Kier molecular flexibility index (Phi) is 24.0. The lowest BCUT2D eigenvalue weighted by molar-refractivity contribution is -0.158. The van der Waals surface area contributed by atoms with E-state index in [1.807, 2.05) is 62.3 Å². The third-order valence-corrected chi connectivity index (χ3v) is 13.4. The van der Waals surface area contributed by atoms with Crippen LogP contribution in [0.25, 0.3) is 0 Å². The summed E-state index contributed by atoms with van der Waals surface area (Å²) in [6.07, 6.45) is -1.13. The summed E-state index contributed by atoms with van der Waals surface area (Å²) in [7, 11) is -0.937. The number of imide groups is 1. The Morgan fingerprint density at radius 2 is 1.31 bits per heavy atom. The van der Waals surface area contributed by atoms with Crippen LogP contribution in [0, 0.1) is 12.8 Å². The molecule has 0 aliphatic carbocycles. The van der Waals surface area contributed by atoms with Crippen LogP contribution in [0.2, 0.25) is 0 Å². The van der Waals surface area contributed by atoms with E-state index in [1.165, 1.54) is 0 Å². The van der Waals surface area contributed by atoms with E-state index in [1.54, 1.807) is 103 Å². The number of nitrogens with one attached hydrogen (secondary N) is 3. The summed E-state index contributed by atoms with van der Waals surface area (Å²) in [4.78, 5) is 118. The van der Waals surface area contributed by atoms with Crippen LogP contribution in [0.3, 0.4) is 0 Å². The highest BCUT2D eigenvalue weighted by atomic mass is 16.7. The zero-order valence-corrected chi connectivity index (χ0v) is 49.9. The molecule has 5 amide bonds. The van der Waals surface area contributed by atoms with Crippen LogP contribution in [0.5, 0.6) is 0 Å². The van der Waals surface area contributed by atoms with Crippen LogP contribution in [-0.4, -0.2) is 128 Å². The number of hydrogen-bond acceptors (Lipinski definition) is 14. The number of amides is 5. The summed E-state index contributed by atoms with van der Waals surface area (Å²) >= 11 is 0. The van der Waals surface area contributed by atoms with Crippen LogP contribution in [0.4, 0.5) is 0 Å². The molecule has 0 bridgehead atoms. The van der Waals surface area contributed by atoms with Gasteiger partial charge in [-0.15, -0.1) is 6.58 Å². The molecule has 3 rings (SSSR count). The van der Waals surface area contributed by atoms with Crippen molar-refractivity contribution in [3.63, 3.8) is 0 Å². The Labute approximate surface area is 473 Å². The van der Waals surface area contributed by atoms with Crippen molar-refractivity contribution in [2.75, 3.05) is 0 Å². The van der Waals surface area contributed by atoms with E-state index in [0.717, 1.165) is 10.5 Å². The van der Waals surface area contributed by atoms with Crippen LogP contribution in [-0.2, 0) is 69.0 Å². The first kappa shape index (κ1) is 67.8. The van der Waals surface area contributed by atoms with Gasteiger partial charge in [-0.2, -0.15) is 0 Å². The number of esters is 1. The molecule has 1 aliphatic rings. The van der Waals surface area contributed by atoms with Gasteiger partial charge in [0.15, 0.2) is 0 Å². The number of rotatable bonds is 26. The van der Waals surface area contributed by atoms with E-state index in [4.69, 9.17) is 29.5 Å². The first-order chi connectivity index (χ1) is 36.8. The molecule has 6 atom stereocenters. The summed E-state index contributed by atoms with van der Waals surface area (Å²) in [6.45, 7) is 33.3. The van der Waals surface area contributed by atoms with Crippen molar-refractivity contribution in [2.24, 2.45) is 16.6 Å². The van der Waals surface area contributed by atoms with Gasteiger partial charge in [-0.1, -0.05) is 89.2 Å². The molecule has 1 unspecified atom stereocenters. The monoisotopic (exact) mass is 1120 g/mol. The van der Waals surface area contributed by atoms with Crippen molar-refractivity contribution in [2.45, 2.75) is 226 Å². The summed E-state index contributed by atoms with van der Waals surface area (Å²) in [5.41, 5.74) is 3.88. The molecule has 0 saturated carbocycles. The van der Waals surface area contributed by atoms with Gasteiger partial charge in [-0.05, 0) is 129 Å². The van der Waals surface area contributed by atoms with E-state index in [2.05, 4.69) is 22.5 Å². The summed E-state index contributed by atoms with van der Waals surface area (Å²) in [5, 5.41) is 26.9. The topological polar surface area (TPSA) is 292 Å². The van der Waals surface area contributed by atoms with Gasteiger partial charge >= 0.3 is 25.0 Å². The highest BCUT2D eigenvalue weighted by molar-refractivity contribution is 6.48. The van der Waals surface area contributed by atoms with E-state index < -0.39 is 151 Å². The molecule has 20 nitrogen and oxygen atoms in total. The number of nitrogens with two attached hydrogens (primary N) is 1. The lowest BCUT2D eigenvalue weighted by atomic mass is 9.76. The molecule has 442 valence electrons. The molecule has 1 fully saturated rings. The second-order valence-corrected chi connectivity index (χ2v) is 24.9. The Bertz CT molecular complexity index is 2560. The lowest BCUT2D eigenvalue weighted by Gasteiger charge is -2.38. The average molecular weight is 1120 g/mol. The molecule has 1 heterocycles. The molecule has 21 heteroatoms. The first-order valence-corrected chi connectivity index (χ1v) is 27.3. The second-order valence-electron chi connectivity index (χ2n) is 24.9. The smallest absolute Gasteiger partial charge is 0.481 e. The number of carboxylic acids is 2. The van der Waals surface area contributed by atoms with Crippen molar-refractivity contribution in [1.82, 2.24) is 20.9 Å². The van der Waals surface area contributed by atoms with Gasteiger partial charge in [-0.3, -0.25) is 48.2 Å². The molecule has 2 aromatic rings. The number of benzene rings is 2. The van der Waals surface area contributed by atoms with Crippen LogP contribution >= 0.6 is 0 Å². The molecule has 0 spiro atoms. The van der Waals surface area contributed by atoms with E-state index in [0.29, 0.717) is 11.1 Å². The second kappa shape index (κ2) is 28.3. The minimum atomic E-state index is -1.71. The van der Waals surface area contributed by atoms with Crippen molar-refractivity contribution in [3.05, 3.63) is 83.4 Å². The van der Waals surface area contributed by atoms with E-state index >= 15 is 14.4 Å². The normalized spacial score (nSPS) is 16.7. The number of nitrogens with zero attached hydrogens (tertiary/aromatic N) is 2. The fourth-order valence-electron chi connectivity index (χ4n) is 8.76. The molecular weight excluding hydrogens is 1030 g/mol. The molecule has 0 aromatic heterocycles. The number of ether oxygens (including phenoxy) is 2. The third-order valence-electron chi connectivity index (χ3n) is 13.4. The Morgan fingerprint density at radius 1 is 0.762 bits per heavy atom. The Hall–Kier alpha value is -6.45. The van der Waals surface area contributed by atoms with Crippen LogP contribution in [0.15, 0.2) is 66.2 Å². The maximum Gasteiger partial charge on any atom is 0.484 e. The minimum Gasteiger partial charge on any atom is -0.481 e. The van der Waals surface area contributed by atoms with Crippen molar-refractivity contribution in [3.8, 4) is 0 Å². The predicted molar refractivity (Wildman–Crippen MR) is 305 cm³/mol. The fraction of sp³-hybridized carbons (Fsp3) is 0.610. The molecule has 7 N–H and O–H groups in total. The SMILES string of the molecule is C=CCC(N=C(OC(C)(C)C)[C@H](CC(C)C)N(C(=O)CCC(=O)OC(C)(C)C)C(=O)[C@@H](NC(=O)[C@H](Cc1ccccc1C)NC(=O)[C@H](CCC(=O)O)NC(=O)[C@@H](N)CC(=O)O)c1ccccc1C(C)(C)C)B1OC(C)(C)C(C)(C)O1. The first-order valence-electron chi connectivity index (χ1n) is 27.3. The van der Waals surface area contributed by atoms with Gasteiger partial charge in [0.1, 0.15) is 35.4 Å². The molecule has 1 saturated heterocycles. The maximum atomic E-state index is 16.4. The largest absolute Gasteiger partial charge is 0.484 e. The zero-order valence-electron chi connectivity index (χ0n) is 49.9. The molecule has 80 heavy (non-hydrogen) atoms. The van der Waals surface area contributed by atoms with Gasteiger partial charge in [0, 0.05) is 19.3 Å². The van der Waals surface area contributed by atoms with Gasteiger partial charge in [0.2, 0.25) is 29.5 Å². The number of carbonyl (C=O) groups is 8. The summed E-state index contributed by atoms with van der Waals surface area (Å²) in [5.74, 6) is -9.31.